The van der Waals surface area contributed by atoms with Gasteiger partial charge >= 0.3 is 0 Å². The minimum absolute atomic E-state index is 0.343. The van der Waals surface area contributed by atoms with Gasteiger partial charge in [-0.1, -0.05) is 29.5 Å². The summed E-state index contributed by atoms with van der Waals surface area (Å²) in [5, 5.41) is 8.24. The zero-order valence-corrected chi connectivity index (χ0v) is 18.3. The molecule has 0 aliphatic carbocycles. The molecule has 0 unspecified atom stereocenters. The van der Waals surface area contributed by atoms with Gasteiger partial charge in [-0.25, -0.2) is 4.98 Å². The summed E-state index contributed by atoms with van der Waals surface area (Å²) in [7, 11) is 3.04. The Balaban J connectivity index is 1.81. The molecule has 2 aromatic carbocycles. The van der Waals surface area contributed by atoms with E-state index in [0.717, 1.165) is 20.7 Å². The zero-order chi connectivity index (χ0) is 21.1. The van der Waals surface area contributed by atoms with E-state index in [9.17, 15) is 4.79 Å². The van der Waals surface area contributed by atoms with Crippen molar-refractivity contribution in [3.05, 3.63) is 69.9 Å². The first kappa shape index (κ1) is 20.1. The van der Waals surface area contributed by atoms with Crippen molar-refractivity contribution in [3.63, 3.8) is 0 Å². The number of benzene rings is 2. The van der Waals surface area contributed by atoms with Crippen molar-refractivity contribution in [2.24, 2.45) is 5.10 Å². The number of thiophene rings is 1. The molecule has 0 spiro atoms. The number of hydrogen-bond donors (Lipinski definition) is 0. The minimum atomic E-state index is -0.352. The van der Waals surface area contributed by atoms with E-state index in [1.165, 1.54) is 41.9 Å². The maximum absolute atomic E-state index is 13.5. The number of methoxy groups -OCH3 is 2. The zero-order valence-electron chi connectivity index (χ0n) is 16.7. The van der Waals surface area contributed by atoms with Gasteiger partial charge in [0.2, 0.25) is 5.13 Å². The van der Waals surface area contributed by atoms with Crippen molar-refractivity contribution < 1.29 is 14.3 Å². The fourth-order valence-electron chi connectivity index (χ4n) is 2.95. The van der Waals surface area contributed by atoms with Crippen molar-refractivity contribution in [2.45, 2.75) is 6.92 Å². The SMILES string of the molecule is COc1cccc(C(=O)N(/N=C/c2cccs2)c2nc3ccc(C)cc3s2)c1OC. The molecule has 0 N–H and O–H groups in total. The lowest BCUT2D eigenvalue weighted by molar-refractivity contribution is 0.0984. The Hall–Kier alpha value is -3.23. The molecule has 0 atom stereocenters. The number of ether oxygens (including phenoxy) is 2. The molecule has 0 aliphatic heterocycles. The first-order valence-corrected chi connectivity index (χ1v) is 10.8. The van der Waals surface area contributed by atoms with E-state index in [-0.39, 0.29) is 5.91 Å². The number of carbonyl (C=O) groups is 1. The molecule has 2 aromatic heterocycles. The number of thiazole rings is 1. The Labute approximate surface area is 182 Å². The van der Waals surface area contributed by atoms with E-state index >= 15 is 0 Å². The van der Waals surface area contributed by atoms with Crippen LogP contribution >= 0.6 is 22.7 Å². The first-order chi connectivity index (χ1) is 14.6. The molecule has 6 nitrogen and oxygen atoms in total. The van der Waals surface area contributed by atoms with E-state index < -0.39 is 0 Å². The fraction of sp³-hybridized carbons (Fsp3) is 0.136. The minimum Gasteiger partial charge on any atom is -0.493 e. The molecular formula is C22H19N3O3S2. The molecule has 0 aliphatic rings. The van der Waals surface area contributed by atoms with Gasteiger partial charge < -0.3 is 9.47 Å². The highest BCUT2D eigenvalue weighted by atomic mass is 32.1. The molecule has 0 radical (unpaired) electrons. The number of carbonyl (C=O) groups excluding carboxylic acids is 1. The predicted octanol–water partition coefficient (Wildman–Crippen LogP) is 5.36. The maximum atomic E-state index is 13.5. The lowest BCUT2D eigenvalue weighted by Gasteiger charge is -2.17. The number of fused-ring (bicyclic) bond motifs is 1. The monoisotopic (exact) mass is 437 g/mol. The summed E-state index contributed by atoms with van der Waals surface area (Å²) >= 11 is 2.95. The molecule has 0 saturated carbocycles. The average molecular weight is 438 g/mol. The Bertz CT molecular complexity index is 1220. The molecule has 0 saturated heterocycles. The van der Waals surface area contributed by atoms with Crippen LogP contribution in [0.15, 0.2) is 59.0 Å². The van der Waals surface area contributed by atoms with E-state index in [0.29, 0.717) is 22.2 Å². The Kier molecular flexibility index (Phi) is 5.78. The van der Waals surface area contributed by atoms with Crippen molar-refractivity contribution in [1.29, 1.82) is 0 Å². The summed E-state index contributed by atoms with van der Waals surface area (Å²) in [5.74, 6) is 0.484. The predicted molar refractivity (Wildman–Crippen MR) is 123 cm³/mol. The highest BCUT2D eigenvalue weighted by Gasteiger charge is 2.25. The second-order valence-electron chi connectivity index (χ2n) is 6.39. The number of rotatable bonds is 6. The van der Waals surface area contributed by atoms with Crippen molar-refractivity contribution in [2.75, 3.05) is 19.2 Å². The van der Waals surface area contributed by atoms with E-state index in [2.05, 4.69) is 10.1 Å². The van der Waals surface area contributed by atoms with Crippen LogP contribution in [-0.2, 0) is 0 Å². The van der Waals surface area contributed by atoms with E-state index in [1.807, 2.05) is 42.6 Å². The number of hydrogen-bond acceptors (Lipinski definition) is 7. The third-order valence-electron chi connectivity index (χ3n) is 4.38. The van der Waals surface area contributed by atoms with Crippen molar-refractivity contribution in [3.8, 4) is 11.5 Å². The van der Waals surface area contributed by atoms with Crippen molar-refractivity contribution >= 4 is 50.1 Å². The number of anilines is 1. The molecule has 1 amide bonds. The lowest BCUT2D eigenvalue weighted by atomic mass is 10.1. The van der Waals surface area contributed by atoms with E-state index in [1.54, 1.807) is 24.4 Å². The van der Waals surface area contributed by atoms with Gasteiger partial charge in [-0.15, -0.1) is 11.3 Å². The summed E-state index contributed by atoms with van der Waals surface area (Å²) in [6, 6.07) is 15.0. The molecule has 0 bridgehead atoms. The maximum Gasteiger partial charge on any atom is 0.284 e. The molecular weight excluding hydrogens is 418 g/mol. The van der Waals surface area contributed by atoms with Gasteiger partial charge in [0.05, 0.1) is 36.2 Å². The van der Waals surface area contributed by atoms with Gasteiger partial charge in [0.15, 0.2) is 11.5 Å². The van der Waals surface area contributed by atoms with Gasteiger partial charge in [0.25, 0.3) is 5.91 Å². The molecule has 0 fully saturated rings. The average Bonchev–Trinajstić information content (AvgIpc) is 3.42. The Morgan fingerprint density at radius 1 is 1.13 bits per heavy atom. The largest absolute Gasteiger partial charge is 0.493 e. The molecule has 4 aromatic rings. The van der Waals surface area contributed by atoms with Crippen LogP contribution in [0, 0.1) is 6.92 Å². The second-order valence-corrected chi connectivity index (χ2v) is 8.37. The third kappa shape index (κ3) is 3.92. The molecule has 30 heavy (non-hydrogen) atoms. The number of nitrogens with zero attached hydrogens (tertiary/aromatic N) is 3. The molecule has 8 heteroatoms. The summed E-state index contributed by atoms with van der Waals surface area (Å²) in [5.41, 5.74) is 2.30. The first-order valence-electron chi connectivity index (χ1n) is 9.11. The molecule has 4 rings (SSSR count). The summed E-state index contributed by atoms with van der Waals surface area (Å²) in [4.78, 5) is 19.1. The Morgan fingerprint density at radius 2 is 2.00 bits per heavy atom. The molecule has 152 valence electrons. The standard InChI is InChI=1S/C22H19N3O3S2/c1-14-9-10-17-19(12-14)30-22(24-17)25(23-13-15-6-5-11-29-15)21(26)16-7-4-8-18(27-2)20(16)28-3/h4-13H,1-3H3/b23-13+. The van der Waals surface area contributed by atoms with Crippen molar-refractivity contribution in [1.82, 2.24) is 4.98 Å². The van der Waals surface area contributed by atoms with Crippen LogP contribution in [0.4, 0.5) is 5.13 Å². The second kappa shape index (κ2) is 8.64. The third-order valence-corrected chi connectivity index (χ3v) is 6.18. The normalized spacial score (nSPS) is 11.2. The Morgan fingerprint density at radius 3 is 2.73 bits per heavy atom. The van der Waals surface area contributed by atoms with Gasteiger partial charge in [0, 0.05) is 4.88 Å². The smallest absolute Gasteiger partial charge is 0.284 e. The number of para-hydroxylation sites is 1. The van der Waals surface area contributed by atoms with Gasteiger partial charge in [-0.05, 0) is 48.2 Å². The molecule has 2 heterocycles. The van der Waals surface area contributed by atoms with Crippen LogP contribution in [0.3, 0.4) is 0 Å². The summed E-state index contributed by atoms with van der Waals surface area (Å²) < 4.78 is 11.8. The number of hydrazone groups is 1. The highest BCUT2D eigenvalue weighted by molar-refractivity contribution is 7.22. The van der Waals surface area contributed by atoms with Crippen LogP contribution in [0.5, 0.6) is 11.5 Å². The quantitative estimate of drug-likeness (QED) is 0.301. The van der Waals surface area contributed by atoms with Crippen LogP contribution in [0.25, 0.3) is 10.2 Å². The van der Waals surface area contributed by atoms with Crippen LogP contribution < -0.4 is 14.5 Å². The van der Waals surface area contributed by atoms with Gasteiger partial charge in [-0.2, -0.15) is 10.1 Å². The topological polar surface area (TPSA) is 64.0 Å². The lowest BCUT2D eigenvalue weighted by Crippen LogP contribution is -2.26. The summed E-state index contributed by atoms with van der Waals surface area (Å²) in [6.45, 7) is 2.03. The van der Waals surface area contributed by atoms with Gasteiger partial charge in [0.1, 0.15) is 0 Å². The summed E-state index contributed by atoms with van der Waals surface area (Å²) in [6.07, 6.45) is 1.66. The highest BCUT2D eigenvalue weighted by Crippen LogP contribution is 2.35. The number of aryl methyl sites for hydroxylation is 1. The fourth-order valence-corrected chi connectivity index (χ4v) is 4.55. The van der Waals surface area contributed by atoms with Crippen LogP contribution in [0.2, 0.25) is 0 Å². The van der Waals surface area contributed by atoms with Gasteiger partial charge in [-0.3, -0.25) is 4.79 Å². The van der Waals surface area contributed by atoms with Crippen LogP contribution in [0.1, 0.15) is 20.8 Å². The van der Waals surface area contributed by atoms with Crippen LogP contribution in [-0.4, -0.2) is 31.3 Å². The number of amides is 1. The number of aromatic nitrogens is 1. The van der Waals surface area contributed by atoms with E-state index in [4.69, 9.17) is 9.47 Å².